The van der Waals surface area contributed by atoms with E-state index < -0.39 is 0 Å². The highest BCUT2D eigenvalue weighted by Gasteiger charge is 1.87. The van der Waals surface area contributed by atoms with Crippen LogP contribution in [-0.4, -0.2) is 31.4 Å². The number of hydrogen-bond acceptors (Lipinski definition) is 1. The van der Waals surface area contributed by atoms with Gasteiger partial charge in [-0.2, -0.15) is 0 Å². The Labute approximate surface area is 56.9 Å². The van der Waals surface area contributed by atoms with Crippen LogP contribution in [-0.2, 0) is 0 Å². The Balaban J connectivity index is 3.68. The first-order chi connectivity index (χ1) is 4.18. The summed E-state index contributed by atoms with van der Waals surface area (Å²) in [7, 11) is 3.95. The molecule has 0 heterocycles. The molecule has 0 N–H and O–H groups in total. The van der Waals surface area contributed by atoms with Gasteiger partial charge in [0.2, 0.25) is 0 Å². The topological polar surface area (TPSA) is 15.6 Å². The van der Waals surface area contributed by atoms with E-state index in [1.165, 1.54) is 0 Å². The van der Waals surface area contributed by atoms with Gasteiger partial charge >= 0.3 is 0 Å². The quantitative estimate of drug-likeness (QED) is 0.308. The third-order valence-electron chi connectivity index (χ3n) is 1.10. The Morgan fingerprint density at radius 3 is 2.56 bits per heavy atom. The van der Waals surface area contributed by atoms with Gasteiger partial charge in [-0.3, -0.25) is 4.99 Å². The molecule has 0 radical (unpaired) electrons. The van der Waals surface area contributed by atoms with Crippen LogP contribution in [0.2, 0.25) is 0 Å². The molecular weight excluding hydrogens is 112 g/mol. The molecule has 0 saturated carbocycles. The molecule has 0 aliphatic rings. The van der Waals surface area contributed by atoms with Gasteiger partial charge in [0, 0.05) is 14.1 Å². The molecule has 2 nitrogen and oxygen atoms in total. The van der Waals surface area contributed by atoms with Gasteiger partial charge in [-0.05, 0) is 6.92 Å². The minimum Gasteiger partial charge on any atom is -0.367 e. The lowest BCUT2D eigenvalue weighted by Gasteiger charge is -2.09. The van der Waals surface area contributed by atoms with Crippen LogP contribution < -0.4 is 0 Å². The Kier molecular flexibility index (Phi) is 3.76. The molecule has 0 unspecified atom stereocenters. The van der Waals surface area contributed by atoms with Gasteiger partial charge in [0.25, 0.3) is 0 Å². The summed E-state index contributed by atoms with van der Waals surface area (Å²) in [5, 5.41) is 0. The van der Waals surface area contributed by atoms with E-state index in [9.17, 15) is 0 Å². The van der Waals surface area contributed by atoms with Crippen molar-refractivity contribution in [3.8, 4) is 0 Å². The van der Waals surface area contributed by atoms with Crippen LogP contribution in [0.5, 0.6) is 0 Å². The van der Waals surface area contributed by atoms with E-state index >= 15 is 0 Å². The fourth-order valence-corrected chi connectivity index (χ4v) is 0.338. The first kappa shape index (κ1) is 8.21. The van der Waals surface area contributed by atoms with E-state index in [1.807, 2.05) is 25.9 Å². The number of aliphatic imine (C=N–C) groups is 1. The van der Waals surface area contributed by atoms with E-state index in [4.69, 9.17) is 0 Å². The van der Waals surface area contributed by atoms with E-state index in [-0.39, 0.29) is 0 Å². The first-order valence-corrected chi connectivity index (χ1v) is 2.97. The van der Waals surface area contributed by atoms with E-state index in [0.29, 0.717) is 6.54 Å². The molecule has 0 saturated heterocycles. The monoisotopic (exact) mass is 126 g/mol. The summed E-state index contributed by atoms with van der Waals surface area (Å²) < 4.78 is 0. The Bertz CT molecular complexity index is 114. The molecule has 9 heavy (non-hydrogen) atoms. The molecule has 0 rings (SSSR count). The predicted octanol–water partition coefficient (Wildman–Crippen LogP) is 1.15. The fourth-order valence-electron chi connectivity index (χ4n) is 0.338. The molecule has 0 spiro atoms. The fraction of sp³-hybridized carbons (Fsp3) is 0.571. The zero-order valence-electron chi connectivity index (χ0n) is 6.39. The first-order valence-electron chi connectivity index (χ1n) is 2.97. The Morgan fingerprint density at radius 1 is 1.67 bits per heavy atom. The maximum absolute atomic E-state index is 4.17. The lowest BCUT2D eigenvalue weighted by Crippen LogP contribution is -2.18. The van der Waals surface area contributed by atoms with Crippen LogP contribution in [0.3, 0.4) is 0 Å². The minimum atomic E-state index is 0.712. The second-order valence-electron chi connectivity index (χ2n) is 2.07. The second kappa shape index (κ2) is 4.13. The molecule has 0 bridgehead atoms. The van der Waals surface area contributed by atoms with Gasteiger partial charge in [0.15, 0.2) is 0 Å². The summed E-state index contributed by atoms with van der Waals surface area (Å²) in [6, 6.07) is 0. The minimum absolute atomic E-state index is 0.712. The smallest absolute Gasteiger partial charge is 0.0956 e. The SMILES string of the molecule is C=CCN=C(C)N(C)C. The molecule has 0 aromatic rings. The highest BCUT2D eigenvalue weighted by molar-refractivity contribution is 5.79. The summed E-state index contributed by atoms with van der Waals surface area (Å²) in [4.78, 5) is 6.14. The van der Waals surface area contributed by atoms with Gasteiger partial charge in [0.05, 0.1) is 12.4 Å². The van der Waals surface area contributed by atoms with Crippen LogP contribution in [0.15, 0.2) is 17.6 Å². The van der Waals surface area contributed by atoms with Crippen molar-refractivity contribution < 1.29 is 0 Å². The van der Waals surface area contributed by atoms with Crippen molar-refractivity contribution in [1.82, 2.24) is 4.90 Å². The standard InChI is InChI=1S/C7H14N2/c1-5-6-8-7(2)9(3)4/h5H,1,6H2,2-4H3. The van der Waals surface area contributed by atoms with Crippen LogP contribution in [0, 0.1) is 0 Å². The summed E-state index contributed by atoms with van der Waals surface area (Å²) in [5.74, 6) is 1.04. The van der Waals surface area contributed by atoms with Crippen molar-refractivity contribution in [2.45, 2.75) is 6.92 Å². The molecule has 0 atom stereocenters. The van der Waals surface area contributed by atoms with Crippen molar-refractivity contribution in [2.24, 2.45) is 4.99 Å². The third-order valence-corrected chi connectivity index (χ3v) is 1.10. The number of rotatable bonds is 2. The van der Waals surface area contributed by atoms with Gasteiger partial charge in [-0.1, -0.05) is 6.08 Å². The van der Waals surface area contributed by atoms with Crippen LogP contribution in [0.1, 0.15) is 6.92 Å². The van der Waals surface area contributed by atoms with Crippen molar-refractivity contribution in [2.75, 3.05) is 20.6 Å². The predicted molar refractivity (Wildman–Crippen MR) is 41.9 cm³/mol. The van der Waals surface area contributed by atoms with Crippen LogP contribution in [0.25, 0.3) is 0 Å². The third kappa shape index (κ3) is 3.76. The van der Waals surface area contributed by atoms with E-state index in [1.54, 1.807) is 6.08 Å². The second-order valence-corrected chi connectivity index (χ2v) is 2.07. The normalized spacial score (nSPS) is 11.2. The van der Waals surface area contributed by atoms with Gasteiger partial charge in [-0.15, -0.1) is 6.58 Å². The zero-order valence-corrected chi connectivity index (χ0v) is 6.39. The van der Waals surface area contributed by atoms with Crippen molar-refractivity contribution in [3.05, 3.63) is 12.7 Å². The summed E-state index contributed by atoms with van der Waals surface area (Å²) >= 11 is 0. The molecule has 0 aliphatic carbocycles. The lowest BCUT2D eigenvalue weighted by atomic mass is 10.6. The van der Waals surface area contributed by atoms with Crippen LogP contribution in [0.4, 0.5) is 0 Å². The largest absolute Gasteiger partial charge is 0.367 e. The molecule has 0 fully saturated rings. The lowest BCUT2D eigenvalue weighted by molar-refractivity contribution is 0.615. The number of amidine groups is 1. The maximum Gasteiger partial charge on any atom is 0.0956 e. The summed E-state index contributed by atoms with van der Waals surface area (Å²) in [6.45, 7) is 6.25. The van der Waals surface area contributed by atoms with Gasteiger partial charge in [-0.25, -0.2) is 0 Å². The van der Waals surface area contributed by atoms with Crippen LogP contribution >= 0.6 is 0 Å². The van der Waals surface area contributed by atoms with E-state index in [0.717, 1.165) is 5.84 Å². The highest BCUT2D eigenvalue weighted by Crippen LogP contribution is 1.81. The number of nitrogens with zero attached hydrogens (tertiary/aromatic N) is 2. The maximum atomic E-state index is 4.17. The molecule has 52 valence electrons. The molecule has 2 heteroatoms. The van der Waals surface area contributed by atoms with Gasteiger partial charge in [0.1, 0.15) is 0 Å². The molecule has 0 aromatic heterocycles. The summed E-state index contributed by atoms with van der Waals surface area (Å²) in [6.07, 6.45) is 1.78. The average Bonchev–Trinajstić information content (AvgIpc) is 1.82. The molecular formula is C7H14N2. The Morgan fingerprint density at radius 2 is 2.22 bits per heavy atom. The van der Waals surface area contributed by atoms with Crippen molar-refractivity contribution in [3.63, 3.8) is 0 Å². The Hall–Kier alpha value is -0.790. The zero-order chi connectivity index (χ0) is 7.28. The average molecular weight is 126 g/mol. The highest BCUT2D eigenvalue weighted by atomic mass is 15.1. The summed E-state index contributed by atoms with van der Waals surface area (Å²) in [5.41, 5.74) is 0. The van der Waals surface area contributed by atoms with Gasteiger partial charge < -0.3 is 4.90 Å². The van der Waals surface area contributed by atoms with E-state index in [2.05, 4.69) is 11.6 Å². The molecule has 0 aromatic carbocycles. The number of hydrogen-bond donors (Lipinski definition) is 0. The van der Waals surface area contributed by atoms with Crippen molar-refractivity contribution >= 4 is 5.84 Å². The van der Waals surface area contributed by atoms with Crippen molar-refractivity contribution in [1.29, 1.82) is 0 Å². The molecule has 0 amide bonds. The molecule has 0 aliphatic heterocycles.